The fraction of sp³-hybridized carbons (Fsp3) is 0.538. The molecule has 3 fully saturated rings. The first-order valence-electron chi connectivity index (χ1n) is 12.0. The molecule has 1 spiro atoms. The summed E-state index contributed by atoms with van der Waals surface area (Å²) in [5, 5.41) is 10.5. The van der Waals surface area contributed by atoms with Gasteiger partial charge in [-0.05, 0) is 68.7 Å². The zero-order valence-electron chi connectivity index (χ0n) is 19.2. The summed E-state index contributed by atoms with van der Waals surface area (Å²) in [5.41, 5.74) is 1.65. The van der Waals surface area contributed by atoms with Gasteiger partial charge >= 0.3 is 0 Å². The number of aliphatic hydroxyl groups is 1. The van der Waals surface area contributed by atoms with Crippen molar-refractivity contribution in [1.82, 2.24) is 9.88 Å². The van der Waals surface area contributed by atoms with Crippen molar-refractivity contribution in [3.05, 3.63) is 41.6 Å². The summed E-state index contributed by atoms with van der Waals surface area (Å²) in [6, 6.07) is 10.1. The number of hydrogen-bond acceptors (Lipinski definition) is 5. The number of halogens is 1. The van der Waals surface area contributed by atoms with E-state index < -0.39 is 0 Å². The Balaban J connectivity index is 1.32. The Morgan fingerprint density at radius 1 is 1.09 bits per heavy atom. The van der Waals surface area contributed by atoms with Crippen LogP contribution >= 0.6 is 11.6 Å². The van der Waals surface area contributed by atoms with Crippen molar-refractivity contribution in [2.24, 2.45) is 5.41 Å². The molecule has 1 saturated carbocycles. The van der Waals surface area contributed by atoms with Gasteiger partial charge in [-0.1, -0.05) is 23.7 Å². The van der Waals surface area contributed by atoms with Crippen LogP contribution in [0.15, 0.2) is 36.5 Å². The van der Waals surface area contributed by atoms with Crippen molar-refractivity contribution in [3.63, 3.8) is 0 Å². The monoisotopic (exact) mass is 469 g/mol. The molecule has 3 aliphatic rings. The summed E-state index contributed by atoms with van der Waals surface area (Å²) in [4.78, 5) is 22.6. The number of carbonyl (C=O) groups is 1. The number of aromatic nitrogens is 1. The Morgan fingerprint density at radius 3 is 2.55 bits per heavy atom. The van der Waals surface area contributed by atoms with Crippen LogP contribution in [-0.4, -0.2) is 59.8 Å². The first-order valence-corrected chi connectivity index (χ1v) is 12.4. The molecule has 1 aromatic heterocycles. The van der Waals surface area contributed by atoms with E-state index >= 15 is 0 Å². The van der Waals surface area contributed by atoms with Crippen LogP contribution in [0.5, 0.6) is 5.75 Å². The van der Waals surface area contributed by atoms with Crippen LogP contribution in [0.2, 0.25) is 5.02 Å². The molecular formula is C26H32ClN3O3. The Hall–Kier alpha value is -2.31. The molecule has 7 heteroatoms. The molecule has 1 N–H and O–H groups in total. The highest BCUT2D eigenvalue weighted by atomic mass is 35.5. The third-order valence-electron chi connectivity index (χ3n) is 7.77. The van der Waals surface area contributed by atoms with Gasteiger partial charge in [0.2, 0.25) is 5.91 Å². The smallest absolute Gasteiger partial charge is 0.230 e. The molecule has 1 atom stereocenters. The molecule has 1 unspecified atom stereocenters. The number of likely N-dealkylation sites (tertiary alicyclic amines) is 1. The van der Waals surface area contributed by atoms with Gasteiger partial charge in [0, 0.05) is 37.4 Å². The highest BCUT2D eigenvalue weighted by molar-refractivity contribution is 6.33. The molecule has 6 nitrogen and oxygen atoms in total. The lowest BCUT2D eigenvalue weighted by molar-refractivity contribution is -0.139. The van der Waals surface area contributed by atoms with Gasteiger partial charge in [-0.25, -0.2) is 4.98 Å². The number of piperidine rings is 1. The maximum Gasteiger partial charge on any atom is 0.230 e. The molecule has 1 amide bonds. The number of hydrogen-bond donors (Lipinski definition) is 1. The summed E-state index contributed by atoms with van der Waals surface area (Å²) in [5.74, 6) is 1.87. The van der Waals surface area contributed by atoms with Crippen molar-refractivity contribution in [2.45, 2.75) is 57.1 Å². The second-order valence-corrected chi connectivity index (χ2v) is 10.2. The van der Waals surface area contributed by atoms with Crippen molar-refractivity contribution in [1.29, 1.82) is 0 Å². The molecule has 1 aliphatic carbocycles. The lowest BCUT2D eigenvalue weighted by atomic mass is 9.78. The molecule has 2 aliphatic heterocycles. The average molecular weight is 470 g/mol. The minimum atomic E-state index is -0.339. The predicted molar refractivity (Wildman–Crippen MR) is 130 cm³/mol. The number of aliphatic hydroxyl groups excluding tert-OH is 1. The van der Waals surface area contributed by atoms with E-state index in [2.05, 4.69) is 9.80 Å². The van der Waals surface area contributed by atoms with Gasteiger partial charge in [0.25, 0.3) is 0 Å². The second kappa shape index (κ2) is 9.15. The topological polar surface area (TPSA) is 65.9 Å². The zero-order valence-corrected chi connectivity index (χ0v) is 19.9. The molecule has 0 bridgehead atoms. The molecule has 5 rings (SSSR count). The van der Waals surface area contributed by atoms with Gasteiger partial charge < -0.3 is 19.6 Å². The first kappa shape index (κ1) is 22.5. The zero-order chi connectivity index (χ0) is 23.0. The normalized spacial score (nSPS) is 27.9. The van der Waals surface area contributed by atoms with Crippen molar-refractivity contribution in [2.75, 3.05) is 31.6 Å². The third kappa shape index (κ3) is 4.31. The SMILES string of the molecule is COc1ccc(-c2cnc(N3CCCC4(CCN(C5CCC(O)CC5)C4=O)C3)c(Cl)c2)cc1. The Morgan fingerprint density at radius 2 is 1.85 bits per heavy atom. The van der Waals surface area contributed by atoms with Gasteiger partial charge in [-0.3, -0.25) is 4.79 Å². The van der Waals surface area contributed by atoms with Crippen LogP contribution in [0.3, 0.4) is 0 Å². The number of benzene rings is 1. The maximum absolute atomic E-state index is 13.6. The number of ether oxygens (including phenoxy) is 1. The third-order valence-corrected chi connectivity index (χ3v) is 8.05. The average Bonchev–Trinajstić information content (AvgIpc) is 3.14. The summed E-state index contributed by atoms with van der Waals surface area (Å²) in [7, 11) is 1.65. The van der Waals surface area contributed by atoms with Gasteiger partial charge in [0.05, 0.1) is 23.7 Å². The van der Waals surface area contributed by atoms with E-state index in [4.69, 9.17) is 21.3 Å². The quantitative estimate of drug-likeness (QED) is 0.712. The minimum absolute atomic E-state index is 0.202. The predicted octanol–water partition coefficient (Wildman–Crippen LogP) is 4.53. The number of anilines is 1. The van der Waals surface area contributed by atoms with Gasteiger partial charge in [0.15, 0.2) is 0 Å². The number of amides is 1. The van der Waals surface area contributed by atoms with E-state index in [9.17, 15) is 9.90 Å². The van der Waals surface area contributed by atoms with Gasteiger partial charge in [-0.2, -0.15) is 0 Å². The number of pyridine rings is 1. The minimum Gasteiger partial charge on any atom is -0.497 e. The molecular weight excluding hydrogens is 438 g/mol. The van der Waals surface area contributed by atoms with Gasteiger partial charge in [-0.15, -0.1) is 0 Å². The maximum atomic E-state index is 13.6. The van der Waals surface area contributed by atoms with E-state index in [0.29, 0.717) is 17.5 Å². The number of methoxy groups -OCH3 is 1. The van der Waals surface area contributed by atoms with Crippen molar-refractivity contribution < 1.29 is 14.6 Å². The molecule has 176 valence electrons. The Bertz CT molecular complexity index is 1010. The van der Waals surface area contributed by atoms with Crippen molar-refractivity contribution >= 4 is 23.3 Å². The first-order chi connectivity index (χ1) is 16.0. The Labute approximate surface area is 200 Å². The lowest BCUT2D eigenvalue weighted by Crippen LogP contribution is -2.50. The van der Waals surface area contributed by atoms with Gasteiger partial charge in [0.1, 0.15) is 11.6 Å². The number of rotatable bonds is 4. The van der Waals surface area contributed by atoms with Crippen LogP contribution in [0, 0.1) is 5.41 Å². The summed E-state index contributed by atoms with van der Waals surface area (Å²) in [6.07, 6.45) is 7.86. The van der Waals surface area contributed by atoms with Crippen LogP contribution in [0.1, 0.15) is 44.9 Å². The molecule has 33 heavy (non-hydrogen) atoms. The number of nitrogens with zero attached hydrogens (tertiary/aromatic N) is 3. The van der Waals surface area contributed by atoms with E-state index in [1.807, 2.05) is 36.5 Å². The molecule has 0 radical (unpaired) electrons. The summed E-state index contributed by atoms with van der Waals surface area (Å²) >= 11 is 6.72. The van der Waals surface area contributed by atoms with E-state index in [-0.39, 0.29) is 17.6 Å². The van der Waals surface area contributed by atoms with E-state index in [0.717, 1.165) is 80.7 Å². The lowest BCUT2D eigenvalue weighted by Gasteiger charge is -2.41. The molecule has 2 aromatic rings. The largest absolute Gasteiger partial charge is 0.497 e. The second-order valence-electron chi connectivity index (χ2n) is 9.77. The Kier molecular flexibility index (Phi) is 6.23. The van der Waals surface area contributed by atoms with Crippen LogP contribution in [0.4, 0.5) is 5.82 Å². The number of carbonyl (C=O) groups excluding carboxylic acids is 1. The van der Waals surface area contributed by atoms with E-state index in [1.54, 1.807) is 7.11 Å². The van der Waals surface area contributed by atoms with Crippen molar-refractivity contribution in [3.8, 4) is 16.9 Å². The standard InChI is InChI=1S/C26H32ClN3O3/c1-33-22-9-3-18(4-10-22)19-15-23(27)24(28-16-19)29-13-2-11-26(17-29)12-14-30(25(26)32)20-5-7-21(31)8-6-20/h3-4,9-10,15-16,20-21,31H,2,5-8,11-14,17H2,1H3. The molecule has 2 saturated heterocycles. The summed E-state index contributed by atoms with van der Waals surface area (Å²) in [6.45, 7) is 2.36. The molecule has 3 heterocycles. The fourth-order valence-corrected chi connectivity index (χ4v) is 6.15. The highest BCUT2D eigenvalue weighted by Crippen LogP contribution is 2.44. The van der Waals surface area contributed by atoms with E-state index in [1.165, 1.54) is 0 Å². The van der Waals surface area contributed by atoms with Crippen LogP contribution < -0.4 is 9.64 Å². The van der Waals surface area contributed by atoms with Crippen LogP contribution in [-0.2, 0) is 4.79 Å². The van der Waals surface area contributed by atoms with Crippen LogP contribution in [0.25, 0.3) is 11.1 Å². The highest BCUT2D eigenvalue weighted by Gasteiger charge is 2.51. The fourth-order valence-electron chi connectivity index (χ4n) is 5.86. The molecule has 1 aromatic carbocycles. The summed E-state index contributed by atoms with van der Waals surface area (Å²) < 4.78 is 5.24.